The number of ether oxygens (including phenoxy) is 1. The predicted octanol–water partition coefficient (Wildman–Crippen LogP) is 1.88. The Morgan fingerprint density at radius 2 is 1.95 bits per heavy atom. The number of hydrogen-bond acceptors (Lipinski definition) is 4. The number of benzene rings is 1. The first kappa shape index (κ1) is 16.9. The highest BCUT2D eigenvalue weighted by Gasteiger charge is 2.25. The maximum absolute atomic E-state index is 12.4. The van der Waals surface area contributed by atoms with Crippen molar-refractivity contribution in [1.29, 1.82) is 0 Å². The molecule has 0 atom stereocenters. The Kier molecular flexibility index (Phi) is 5.56. The fourth-order valence-electron chi connectivity index (χ4n) is 1.75. The second-order valence-electron chi connectivity index (χ2n) is 5.35. The zero-order valence-corrected chi connectivity index (χ0v) is 13.6. The van der Waals surface area contributed by atoms with E-state index in [0.29, 0.717) is 18.7 Å². The third kappa shape index (κ3) is 4.19. The van der Waals surface area contributed by atoms with Crippen LogP contribution in [0.1, 0.15) is 32.8 Å². The minimum Gasteiger partial charge on any atom is -0.496 e. The SMILES string of the molecule is CCC(C)(C)NS(=O)(=O)c1ccc(OC)c(CNC)c1. The van der Waals surface area contributed by atoms with Gasteiger partial charge in [0.2, 0.25) is 10.0 Å². The van der Waals surface area contributed by atoms with Crippen molar-refractivity contribution in [3.05, 3.63) is 23.8 Å². The molecule has 1 aromatic rings. The van der Waals surface area contributed by atoms with Crippen molar-refractivity contribution in [2.45, 2.75) is 44.2 Å². The molecule has 0 fully saturated rings. The molecule has 0 saturated carbocycles. The first-order valence-corrected chi connectivity index (χ1v) is 8.09. The van der Waals surface area contributed by atoms with Gasteiger partial charge in [0.15, 0.2) is 0 Å². The molecular formula is C14H24N2O3S. The summed E-state index contributed by atoms with van der Waals surface area (Å²) in [6.07, 6.45) is 0.714. The van der Waals surface area contributed by atoms with Crippen LogP contribution in [0, 0.1) is 0 Å². The quantitative estimate of drug-likeness (QED) is 0.807. The summed E-state index contributed by atoms with van der Waals surface area (Å²) in [5, 5.41) is 3.00. The van der Waals surface area contributed by atoms with Gasteiger partial charge >= 0.3 is 0 Å². The number of rotatable bonds is 7. The highest BCUT2D eigenvalue weighted by atomic mass is 32.2. The second-order valence-corrected chi connectivity index (χ2v) is 7.03. The van der Waals surface area contributed by atoms with Gasteiger partial charge in [-0.3, -0.25) is 0 Å². The average Bonchev–Trinajstić information content (AvgIpc) is 2.38. The second kappa shape index (κ2) is 6.56. The number of hydrogen-bond donors (Lipinski definition) is 2. The summed E-state index contributed by atoms with van der Waals surface area (Å²) < 4.78 is 32.7. The lowest BCUT2D eigenvalue weighted by atomic mass is 10.0. The summed E-state index contributed by atoms with van der Waals surface area (Å²) in [5.41, 5.74) is 0.342. The number of nitrogens with one attached hydrogen (secondary N) is 2. The predicted molar refractivity (Wildman–Crippen MR) is 80.4 cm³/mol. The van der Waals surface area contributed by atoms with Gasteiger partial charge in [0, 0.05) is 17.6 Å². The van der Waals surface area contributed by atoms with Crippen molar-refractivity contribution in [3.63, 3.8) is 0 Å². The van der Waals surface area contributed by atoms with Crippen LogP contribution in [0.15, 0.2) is 23.1 Å². The minimum absolute atomic E-state index is 0.255. The minimum atomic E-state index is -3.53. The summed E-state index contributed by atoms with van der Waals surface area (Å²) in [7, 11) is -0.154. The van der Waals surface area contributed by atoms with Crippen LogP contribution < -0.4 is 14.8 Å². The molecule has 0 saturated heterocycles. The van der Waals surface area contributed by atoms with E-state index < -0.39 is 15.6 Å². The van der Waals surface area contributed by atoms with Crippen LogP contribution in [0.5, 0.6) is 5.75 Å². The first-order valence-electron chi connectivity index (χ1n) is 6.61. The van der Waals surface area contributed by atoms with Gasteiger partial charge in [-0.15, -0.1) is 0 Å². The number of sulfonamides is 1. The highest BCUT2D eigenvalue weighted by molar-refractivity contribution is 7.89. The zero-order chi connectivity index (χ0) is 15.4. The van der Waals surface area contributed by atoms with Crippen molar-refractivity contribution in [2.24, 2.45) is 0 Å². The van der Waals surface area contributed by atoms with E-state index in [0.717, 1.165) is 5.56 Å². The largest absolute Gasteiger partial charge is 0.496 e. The van der Waals surface area contributed by atoms with Crippen molar-refractivity contribution in [3.8, 4) is 5.75 Å². The van der Waals surface area contributed by atoms with Crippen molar-refractivity contribution in [1.82, 2.24) is 10.0 Å². The molecule has 114 valence electrons. The Morgan fingerprint density at radius 1 is 1.30 bits per heavy atom. The number of methoxy groups -OCH3 is 1. The standard InChI is InChI=1S/C14H24N2O3S/c1-6-14(2,3)16-20(17,18)12-7-8-13(19-5)11(9-12)10-15-4/h7-9,15-16H,6,10H2,1-5H3. The summed E-state index contributed by atoms with van der Waals surface area (Å²) in [6.45, 7) is 6.22. The van der Waals surface area contributed by atoms with Gasteiger partial charge in [-0.1, -0.05) is 6.92 Å². The molecule has 0 aliphatic rings. The summed E-state index contributed by atoms with van der Waals surface area (Å²) in [6, 6.07) is 4.88. The maximum Gasteiger partial charge on any atom is 0.241 e. The lowest BCUT2D eigenvalue weighted by molar-refractivity contribution is 0.408. The molecule has 0 aromatic heterocycles. The van der Waals surface area contributed by atoms with E-state index in [4.69, 9.17) is 4.74 Å². The van der Waals surface area contributed by atoms with E-state index in [-0.39, 0.29) is 4.90 Å². The molecule has 0 bridgehead atoms. The van der Waals surface area contributed by atoms with Crippen LogP contribution in [0.3, 0.4) is 0 Å². The van der Waals surface area contributed by atoms with Gasteiger partial charge < -0.3 is 10.1 Å². The molecule has 0 heterocycles. The molecule has 0 aliphatic carbocycles. The van der Waals surface area contributed by atoms with Crippen LogP contribution >= 0.6 is 0 Å². The van der Waals surface area contributed by atoms with Crippen molar-refractivity contribution < 1.29 is 13.2 Å². The van der Waals surface area contributed by atoms with E-state index in [2.05, 4.69) is 10.0 Å². The fourth-order valence-corrected chi connectivity index (χ4v) is 3.28. The molecule has 5 nitrogen and oxygen atoms in total. The van der Waals surface area contributed by atoms with Crippen LogP contribution in [0.25, 0.3) is 0 Å². The van der Waals surface area contributed by atoms with E-state index >= 15 is 0 Å². The van der Waals surface area contributed by atoms with E-state index in [1.165, 1.54) is 0 Å². The summed E-state index contributed by atoms with van der Waals surface area (Å²) >= 11 is 0. The van der Waals surface area contributed by atoms with E-state index in [1.807, 2.05) is 20.8 Å². The van der Waals surface area contributed by atoms with Crippen molar-refractivity contribution in [2.75, 3.05) is 14.2 Å². The molecule has 0 radical (unpaired) electrons. The normalized spacial score (nSPS) is 12.4. The topological polar surface area (TPSA) is 67.4 Å². The Hall–Kier alpha value is -1.11. The van der Waals surface area contributed by atoms with Gasteiger partial charge in [0.1, 0.15) is 5.75 Å². The molecule has 0 aliphatic heterocycles. The third-order valence-electron chi connectivity index (χ3n) is 3.22. The smallest absolute Gasteiger partial charge is 0.241 e. The molecule has 0 amide bonds. The lowest BCUT2D eigenvalue weighted by Crippen LogP contribution is -2.42. The molecule has 2 N–H and O–H groups in total. The molecule has 6 heteroatoms. The molecule has 20 heavy (non-hydrogen) atoms. The molecule has 1 aromatic carbocycles. The summed E-state index contributed by atoms with van der Waals surface area (Å²) in [5.74, 6) is 0.674. The third-order valence-corrected chi connectivity index (χ3v) is 4.92. The van der Waals surface area contributed by atoms with Crippen LogP contribution in [-0.4, -0.2) is 28.1 Å². The van der Waals surface area contributed by atoms with Gasteiger partial charge in [-0.2, -0.15) is 0 Å². The lowest BCUT2D eigenvalue weighted by Gasteiger charge is -2.24. The highest BCUT2D eigenvalue weighted by Crippen LogP contribution is 2.23. The first-order chi connectivity index (χ1) is 9.25. The molecule has 1 rings (SSSR count). The zero-order valence-electron chi connectivity index (χ0n) is 12.8. The Labute approximate surface area is 121 Å². The molecular weight excluding hydrogens is 276 g/mol. The van der Waals surface area contributed by atoms with Crippen LogP contribution in [-0.2, 0) is 16.6 Å². The van der Waals surface area contributed by atoms with Gasteiger partial charge in [0.25, 0.3) is 0 Å². The monoisotopic (exact) mass is 300 g/mol. The van der Waals surface area contributed by atoms with Gasteiger partial charge in [-0.05, 0) is 45.5 Å². The van der Waals surface area contributed by atoms with Gasteiger partial charge in [-0.25, -0.2) is 13.1 Å². The Balaban J connectivity index is 3.16. The summed E-state index contributed by atoms with van der Waals surface area (Å²) in [4.78, 5) is 0.255. The van der Waals surface area contributed by atoms with Crippen LogP contribution in [0.4, 0.5) is 0 Å². The fraction of sp³-hybridized carbons (Fsp3) is 0.571. The van der Waals surface area contributed by atoms with Crippen LogP contribution in [0.2, 0.25) is 0 Å². The van der Waals surface area contributed by atoms with Crippen molar-refractivity contribution >= 4 is 10.0 Å². The van der Waals surface area contributed by atoms with E-state index in [1.54, 1.807) is 32.4 Å². The maximum atomic E-state index is 12.4. The van der Waals surface area contributed by atoms with Gasteiger partial charge in [0.05, 0.1) is 12.0 Å². The average molecular weight is 300 g/mol. The molecule has 0 spiro atoms. The molecule has 0 unspecified atom stereocenters. The Morgan fingerprint density at radius 3 is 2.45 bits per heavy atom. The Bertz CT molecular complexity index is 554. The van der Waals surface area contributed by atoms with E-state index in [9.17, 15) is 8.42 Å².